The third kappa shape index (κ3) is 1.92. The molecule has 4 nitrogen and oxygen atoms in total. The van der Waals surface area contributed by atoms with Crippen molar-refractivity contribution in [2.45, 2.75) is 0 Å². The number of fused-ring (bicyclic) bond motifs is 2. The van der Waals surface area contributed by atoms with Gasteiger partial charge in [-0.2, -0.15) is 0 Å². The predicted molar refractivity (Wildman–Crippen MR) is 82.8 cm³/mol. The van der Waals surface area contributed by atoms with Gasteiger partial charge in [-0.05, 0) is 24.3 Å². The number of rotatable bonds is 2. The molecule has 0 bridgehead atoms. The molecule has 102 valence electrons. The molecule has 0 aliphatic heterocycles. The molecule has 0 atom stereocenters. The fraction of sp³-hybridized carbons (Fsp3) is 0. The standard InChI is InChI=1S/C16H10ClN3O/c17-9-5-6-13-14(7-9)20-16(19-13)15(21)11-8-18-12-4-2-1-3-10(11)12/h1-8,18H,(H,19,20). The number of hydrogen-bond acceptors (Lipinski definition) is 2. The molecule has 0 spiro atoms. The summed E-state index contributed by atoms with van der Waals surface area (Å²) in [7, 11) is 0. The van der Waals surface area contributed by atoms with E-state index in [1.165, 1.54) is 0 Å². The fourth-order valence-corrected chi connectivity index (χ4v) is 2.64. The van der Waals surface area contributed by atoms with Gasteiger partial charge in [-0.1, -0.05) is 29.8 Å². The van der Waals surface area contributed by atoms with E-state index in [4.69, 9.17) is 11.6 Å². The molecule has 4 rings (SSSR count). The number of benzene rings is 2. The van der Waals surface area contributed by atoms with Crippen LogP contribution in [0.2, 0.25) is 5.02 Å². The van der Waals surface area contributed by atoms with Crippen LogP contribution < -0.4 is 0 Å². The average molecular weight is 296 g/mol. The molecule has 0 fully saturated rings. The summed E-state index contributed by atoms with van der Waals surface area (Å²) < 4.78 is 0. The Hall–Kier alpha value is -2.59. The predicted octanol–water partition coefficient (Wildman–Crippen LogP) is 3.93. The Morgan fingerprint density at radius 2 is 1.95 bits per heavy atom. The maximum atomic E-state index is 12.6. The van der Waals surface area contributed by atoms with Gasteiger partial charge in [0.1, 0.15) is 0 Å². The first-order chi connectivity index (χ1) is 10.2. The first-order valence-corrected chi connectivity index (χ1v) is 6.86. The van der Waals surface area contributed by atoms with Crippen molar-refractivity contribution in [3.05, 3.63) is 65.1 Å². The Kier molecular flexibility index (Phi) is 2.59. The highest BCUT2D eigenvalue weighted by Gasteiger charge is 2.17. The molecular formula is C16H10ClN3O. The van der Waals surface area contributed by atoms with Crippen molar-refractivity contribution in [1.82, 2.24) is 15.0 Å². The second-order valence-corrected chi connectivity index (χ2v) is 5.26. The molecule has 2 aromatic carbocycles. The Bertz CT molecular complexity index is 983. The summed E-state index contributed by atoms with van der Waals surface area (Å²) in [6.45, 7) is 0. The van der Waals surface area contributed by atoms with Crippen molar-refractivity contribution < 1.29 is 4.79 Å². The molecule has 5 heteroatoms. The van der Waals surface area contributed by atoms with Crippen LogP contribution in [0.4, 0.5) is 0 Å². The number of ketones is 1. The van der Waals surface area contributed by atoms with E-state index in [0.717, 1.165) is 16.4 Å². The first-order valence-electron chi connectivity index (χ1n) is 6.48. The van der Waals surface area contributed by atoms with Crippen LogP contribution >= 0.6 is 11.6 Å². The van der Waals surface area contributed by atoms with Crippen molar-refractivity contribution in [3.8, 4) is 0 Å². The second-order valence-electron chi connectivity index (χ2n) is 4.82. The lowest BCUT2D eigenvalue weighted by Gasteiger charge is -1.95. The van der Waals surface area contributed by atoms with Crippen molar-refractivity contribution in [2.24, 2.45) is 0 Å². The van der Waals surface area contributed by atoms with Gasteiger partial charge in [-0.15, -0.1) is 0 Å². The zero-order valence-electron chi connectivity index (χ0n) is 10.9. The van der Waals surface area contributed by atoms with E-state index in [-0.39, 0.29) is 5.78 Å². The number of aromatic amines is 2. The topological polar surface area (TPSA) is 61.5 Å². The molecule has 0 amide bonds. The number of nitrogens with one attached hydrogen (secondary N) is 2. The van der Waals surface area contributed by atoms with E-state index in [9.17, 15) is 4.79 Å². The summed E-state index contributed by atoms with van der Waals surface area (Å²) in [6, 6.07) is 13.0. The van der Waals surface area contributed by atoms with Crippen LogP contribution in [-0.4, -0.2) is 20.7 Å². The smallest absolute Gasteiger partial charge is 0.230 e. The lowest BCUT2D eigenvalue weighted by atomic mass is 10.1. The minimum atomic E-state index is -0.139. The van der Waals surface area contributed by atoms with Gasteiger partial charge in [0.2, 0.25) is 5.78 Å². The molecule has 2 heterocycles. The molecule has 2 aromatic heterocycles. The van der Waals surface area contributed by atoms with Crippen LogP contribution in [0.3, 0.4) is 0 Å². The summed E-state index contributed by atoms with van der Waals surface area (Å²) in [6.07, 6.45) is 1.72. The van der Waals surface area contributed by atoms with E-state index >= 15 is 0 Å². The zero-order valence-corrected chi connectivity index (χ0v) is 11.6. The molecule has 0 aliphatic rings. The van der Waals surface area contributed by atoms with Gasteiger partial charge in [0.15, 0.2) is 5.82 Å². The largest absolute Gasteiger partial charge is 0.360 e. The Morgan fingerprint density at radius 1 is 1.10 bits per heavy atom. The van der Waals surface area contributed by atoms with Crippen LogP contribution in [0, 0.1) is 0 Å². The van der Waals surface area contributed by atoms with Crippen LogP contribution in [0.1, 0.15) is 16.2 Å². The van der Waals surface area contributed by atoms with Gasteiger partial charge in [0.05, 0.1) is 16.6 Å². The lowest BCUT2D eigenvalue weighted by molar-refractivity contribution is 0.103. The van der Waals surface area contributed by atoms with E-state index in [2.05, 4.69) is 15.0 Å². The minimum absolute atomic E-state index is 0.139. The van der Waals surface area contributed by atoms with Crippen molar-refractivity contribution in [2.75, 3.05) is 0 Å². The van der Waals surface area contributed by atoms with Crippen LogP contribution in [0.25, 0.3) is 21.9 Å². The Balaban J connectivity index is 1.86. The molecule has 21 heavy (non-hydrogen) atoms. The second kappa shape index (κ2) is 4.46. The number of nitrogens with zero attached hydrogens (tertiary/aromatic N) is 1. The molecule has 2 N–H and O–H groups in total. The van der Waals surface area contributed by atoms with Crippen LogP contribution in [0.5, 0.6) is 0 Å². The minimum Gasteiger partial charge on any atom is -0.360 e. The monoisotopic (exact) mass is 295 g/mol. The fourth-order valence-electron chi connectivity index (χ4n) is 2.47. The van der Waals surface area contributed by atoms with Gasteiger partial charge in [-0.25, -0.2) is 4.98 Å². The lowest BCUT2D eigenvalue weighted by Crippen LogP contribution is -2.02. The van der Waals surface area contributed by atoms with Crippen LogP contribution in [-0.2, 0) is 0 Å². The molecule has 0 unspecified atom stereocenters. The average Bonchev–Trinajstić information content (AvgIpc) is 3.09. The van der Waals surface area contributed by atoms with Gasteiger partial charge < -0.3 is 9.97 Å². The van der Waals surface area contributed by atoms with Gasteiger partial charge >= 0.3 is 0 Å². The molecule has 4 aromatic rings. The zero-order chi connectivity index (χ0) is 14.4. The van der Waals surface area contributed by atoms with Crippen molar-refractivity contribution >= 4 is 39.3 Å². The molecular weight excluding hydrogens is 286 g/mol. The molecule has 0 aliphatic carbocycles. The number of carbonyl (C=O) groups excluding carboxylic acids is 1. The summed E-state index contributed by atoms with van der Waals surface area (Å²) in [5.74, 6) is 0.178. The molecule has 0 saturated heterocycles. The van der Waals surface area contributed by atoms with Crippen molar-refractivity contribution in [3.63, 3.8) is 0 Å². The third-order valence-corrected chi connectivity index (χ3v) is 3.73. The summed E-state index contributed by atoms with van der Waals surface area (Å²) in [5, 5.41) is 1.49. The highest BCUT2D eigenvalue weighted by Crippen LogP contribution is 2.22. The van der Waals surface area contributed by atoms with E-state index in [1.807, 2.05) is 30.3 Å². The SMILES string of the molecule is O=C(c1nc2cc(Cl)ccc2[nH]1)c1c[nH]c2ccccc12. The van der Waals surface area contributed by atoms with E-state index in [1.54, 1.807) is 18.3 Å². The Morgan fingerprint density at radius 3 is 2.86 bits per heavy atom. The number of aromatic nitrogens is 3. The van der Waals surface area contributed by atoms with Crippen molar-refractivity contribution in [1.29, 1.82) is 0 Å². The highest BCUT2D eigenvalue weighted by atomic mass is 35.5. The van der Waals surface area contributed by atoms with Gasteiger partial charge in [0, 0.05) is 22.1 Å². The first kappa shape index (κ1) is 12.2. The number of para-hydroxylation sites is 1. The van der Waals surface area contributed by atoms with Crippen LogP contribution in [0.15, 0.2) is 48.7 Å². The summed E-state index contributed by atoms with van der Waals surface area (Å²) >= 11 is 5.94. The summed E-state index contributed by atoms with van der Waals surface area (Å²) in [4.78, 5) is 23.1. The normalized spacial score (nSPS) is 11.3. The number of imidazole rings is 1. The number of H-pyrrole nitrogens is 2. The highest BCUT2D eigenvalue weighted by molar-refractivity contribution is 6.31. The maximum absolute atomic E-state index is 12.6. The quantitative estimate of drug-likeness (QED) is 0.550. The number of carbonyl (C=O) groups is 1. The number of hydrogen-bond donors (Lipinski definition) is 2. The van der Waals surface area contributed by atoms with E-state index < -0.39 is 0 Å². The number of halogens is 1. The molecule has 0 saturated carbocycles. The molecule has 0 radical (unpaired) electrons. The van der Waals surface area contributed by atoms with Gasteiger partial charge in [0.25, 0.3) is 0 Å². The summed E-state index contributed by atoms with van der Waals surface area (Å²) in [5.41, 5.74) is 3.02. The Labute approximate surface area is 124 Å². The van der Waals surface area contributed by atoms with Gasteiger partial charge in [-0.3, -0.25) is 4.79 Å². The third-order valence-electron chi connectivity index (χ3n) is 3.49. The maximum Gasteiger partial charge on any atom is 0.230 e. The van der Waals surface area contributed by atoms with E-state index in [0.29, 0.717) is 21.9 Å².